The number of hydrogen-bond acceptors (Lipinski definition) is 5. The van der Waals surface area contributed by atoms with Crippen molar-refractivity contribution < 1.29 is 19.7 Å². The zero-order chi connectivity index (χ0) is 12.5. The maximum atomic E-state index is 9.60. The smallest absolute Gasteiger partial charge is 0.0897 e. The molecule has 102 valence electrons. The van der Waals surface area contributed by atoms with Crippen molar-refractivity contribution in [3.05, 3.63) is 0 Å². The molecule has 0 aromatic heterocycles. The lowest BCUT2D eigenvalue weighted by Crippen LogP contribution is -2.32. The van der Waals surface area contributed by atoms with E-state index in [9.17, 15) is 5.11 Å². The molecule has 17 heavy (non-hydrogen) atoms. The molecule has 0 aliphatic carbocycles. The summed E-state index contributed by atoms with van der Waals surface area (Å²) in [5.74, 6) is 0. The van der Waals surface area contributed by atoms with E-state index < -0.39 is 6.10 Å². The number of ether oxygens (including phenoxy) is 2. The van der Waals surface area contributed by atoms with E-state index in [1.165, 1.54) is 0 Å². The zero-order valence-electron chi connectivity index (χ0n) is 10.6. The Morgan fingerprint density at radius 1 is 1.47 bits per heavy atom. The first kappa shape index (κ1) is 14.9. The fourth-order valence-electron chi connectivity index (χ4n) is 1.75. The molecule has 1 fully saturated rings. The summed E-state index contributed by atoms with van der Waals surface area (Å²) in [4.78, 5) is 0. The Bertz CT molecular complexity index is 183. The molecule has 0 bridgehead atoms. The molecule has 3 N–H and O–H groups in total. The average Bonchev–Trinajstić information content (AvgIpc) is 2.77. The highest BCUT2D eigenvalue weighted by Crippen LogP contribution is 2.11. The summed E-state index contributed by atoms with van der Waals surface area (Å²) in [6.07, 6.45) is 2.29. The van der Waals surface area contributed by atoms with Crippen LogP contribution < -0.4 is 5.32 Å². The van der Waals surface area contributed by atoms with Gasteiger partial charge >= 0.3 is 0 Å². The van der Waals surface area contributed by atoms with Gasteiger partial charge in [0.25, 0.3) is 0 Å². The van der Waals surface area contributed by atoms with Crippen LogP contribution >= 0.6 is 0 Å². The fraction of sp³-hybridized carbons (Fsp3) is 1.00. The molecule has 0 radical (unpaired) electrons. The summed E-state index contributed by atoms with van der Waals surface area (Å²) in [5, 5.41) is 21.7. The largest absolute Gasteiger partial charge is 0.393 e. The van der Waals surface area contributed by atoms with E-state index in [1.807, 2.05) is 0 Å². The van der Waals surface area contributed by atoms with Crippen molar-refractivity contribution in [1.82, 2.24) is 5.32 Å². The molecule has 3 unspecified atom stereocenters. The number of nitrogens with one attached hydrogen (secondary N) is 1. The van der Waals surface area contributed by atoms with Crippen molar-refractivity contribution in [2.45, 2.75) is 44.5 Å². The van der Waals surface area contributed by atoms with E-state index in [1.54, 1.807) is 6.92 Å². The van der Waals surface area contributed by atoms with Crippen LogP contribution in [0.5, 0.6) is 0 Å². The van der Waals surface area contributed by atoms with E-state index in [2.05, 4.69) is 5.32 Å². The van der Waals surface area contributed by atoms with Crippen molar-refractivity contribution in [1.29, 1.82) is 0 Å². The van der Waals surface area contributed by atoms with Crippen LogP contribution in [-0.4, -0.2) is 61.4 Å². The Kier molecular flexibility index (Phi) is 7.72. The van der Waals surface area contributed by atoms with Gasteiger partial charge in [0.2, 0.25) is 0 Å². The molecule has 0 aromatic carbocycles. The number of aliphatic hydroxyl groups excluding tert-OH is 2. The lowest BCUT2D eigenvalue weighted by Gasteiger charge is -2.14. The highest BCUT2D eigenvalue weighted by molar-refractivity contribution is 4.65. The second-order valence-electron chi connectivity index (χ2n) is 4.67. The van der Waals surface area contributed by atoms with Crippen LogP contribution in [0.2, 0.25) is 0 Å². The number of aliphatic hydroxyl groups is 2. The van der Waals surface area contributed by atoms with Crippen molar-refractivity contribution in [3.63, 3.8) is 0 Å². The minimum atomic E-state index is -0.495. The SMILES string of the molecule is CC(O)CCNCC(O)COCC1CCCO1. The van der Waals surface area contributed by atoms with Gasteiger partial charge in [0, 0.05) is 13.2 Å². The highest BCUT2D eigenvalue weighted by atomic mass is 16.5. The molecule has 1 heterocycles. The van der Waals surface area contributed by atoms with E-state index in [4.69, 9.17) is 14.6 Å². The summed E-state index contributed by atoms with van der Waals surface area (Å²) in [6.45, 7) is 4.70. The Hall–Kier alpha value is -0.200. The molecule has 3 atom stereocenters. The molecule has 5 heteroatoms. The summed E-state index contributed by atoms with van der Waals surface area (Å²) < 4.78 is 10.8. The van der Waals surface area contributed by atoms with Gasteiger partial charge in [-0.1, -0.05) is 0 Å². The lowest BCUT2D eigenvalue weighted by molar-refractivity contribution is -0.0165. The predicted octanol–water partition coefficient (Wildman–Crippen LogP) is -0.0966. The van der Waals surface area contributed by atoms with E-state index >= 15 is 0 Å². The number of rotatable bonds is 9. The van der Waals surface area contributed by atoms with Gasteiger partial charge in [-0.3, -0.25) is 0 Å². The van der Waals surface area contributed by atoms with Crippen LogP contribution in [0.4, 0.5) is 0 Å². The third kappa shape index (κ3) is 7.68. The molecule has 1 saturated heterocycles. The third-order valence-electron chi connectivity index (χ3n) is 2.76. The summed E-state index contributed by atoms with van der Waals surface area (Å²) in [5.41, 5.74) is 0. The standard InChI is InChI=1S/C12H25NO4/c1-10(14)4-5-13-7-11(15)8-16-9-12-3-2-6-17-12/h10-15H,2-9H2,1H3. The quantitative estimate of drug-likeness (QED) is 0.496. The first-order chi connectivity index (χ1) is 8.18. The van der Waals surface area contributed by atoms with Crippen molar-refractivity contribution >= 4 is 0 Å². The highest BCUT2D eigenvalue weighted by Gasteiger charge is 2.15. The van der Waals surface area contributed by atoms with Gasteiger partial charge in [-0.2, -0.15) is 0 Å². The Balaban J connectivity index is 1.88. The van der Waals surface area contributed by atoms with Gasteiger partial charge in [0.05, 0.1) is 31.5 Å². The predicted molar refractivity (Wildman–Crippen MR) is 65.0 cm³/mol. The van der Waals surface area contributed by atoms with Crippen molar-refractivity contribution in [2.75, 3.05) is 32.9 Å². The molecular formula is C12H25NO4. The van der Waals surface area contributed by atoms with Gasteiger partial charge in [-0.25, -0.2) is 0 Å². The minimum Gasteiger partial charge on any atom is -0.393 e. The maximum Gasteiger partial charge on any atom is 0.0897 e. The van der Waals surface area contributed by atoms with Crippen LogP contribution in [0, 0.1) is 0 Å². The minimum absolute atomic E-state index is 0.213. The molecule has 1 aliphatic heterocycles. The van der Waals surface area contributed by atoms with Crippen LogP contribution in [-0.2, 0) is 9.47 Å². The van der Waals surface area contributed by atoms with Gasteiger partial charge < -0.3 is 25.0 Å². The topological polar surface area (TPSA) is 71.0 Å². The van der Waals surface area contributed by atoms with Gasteiger partial charge in [0.1, 0.15) is 0 Å². The molecule has 0 saturated carbocycles. The number of hydrogen-bond donors (Lipinski definition) is 3. The van der Waals surface area contributed by atoms with Crippen LogP contribution in [0.3, 0.4) is 0 Å². The van der Waals surface area contributed by atoms with Crippen LogP contribution in [0.1, 0.15) is 26.2 Å². The Morgan fingerprint density at radius 3 is 2.94 bits per heavy atom. The first-order valence-corrected chi connectivity index (χ1v) is 6.44. The Labute approximate surface area is 103 Å². The molecule has 0 spiro atoms. The second-order valence-corrected chi connectivity index (χ2v) is 4.67. The van der Waals surface area contributed by atoms with E-state index in [0.717, 1.165) is 19.4 Å². The molecule has 5 nitrogen and oxygen atoms in total. The van der Waals surface area contributed by atoms with Crippen LogP contribution in [0.15, 0.2) is 0 Å². The molecule has 1 rings (SSSR count). The molecule has 1 aliphatic rings. The Morgan fingerprint density at radius 2 is 2.29 bits per heavy atom. The fourth-order valence-corrected chi connectivity index (χ4v) is 1.75. The van der Waals surface area contributed by atoms with E-state index in [-0.39, 0.29) is 12.2 Å². The monoisotopic (exact) mass is 247 g/mol. The summed E-state index contributed by atoms with van der Waals surface area (Å²) in [6, 6.07) is 0. The summed E-state index contributed by atoms with van der Waals surface area (Å²) in [7, 11) is 0. The van der Waals surface area contributed by atoms with Gasteiger partial charge in [-0.15, -0.1) is 0 Å². The van der Waals surface area contributed by atoms with Crippen molar-refractivity contribution in [3.8, 4) is 0 Å². The van der Waals surface area contributed by atoms with Gasteiger partial charge in [0.15, 0.2) is 0 Å². The molecule has 0 amide bonds. The molecular weight excluding hydrogens is 222 g/mol. The average molecular weight is 247 g/mol. The van der Waals surface area contributed by atoms with Gasteiger partial charge in [-0.05, 0) is 32.7 Å². The molecule has 0 aromatic rings. The second kappa shape index (κ2) is 8.83. The van der Waals surface area contributed by atoms with Crippen molar-refractivity contribution in [2.24, 2.45) is 0 Å². The normalized spacial score (nSPS) is 23.8. The summed E-state index contributed by atoms with van der Waals surface area (Å²) >= 11 is 0. The third-order valence-corrected chi connectivity index (χ3v) is 2.76. The van der Waals surface area contributed by atoms with E-state index in [0.29, 0.717) is 32.7 Å². The lowest BCUT2D eigenvalue weighted by atomic mass is 10.2. The maximum absolute atomic E-state index is 9.60. The zero-order valence-corrected chi connectivity index (χ0v) is 10.6. The van der Waals surface area contributed by atoms with Crippen LogP contribution in [0.25, 0.3) is 0 Å². The first-order valence-electron chi connectivity index (χ1n) is 6.44.